The van der Waals surface area contributed by atoms with Crippen molar-refractivity contribution >= 4 is 5.91 Å². The minimum atomic E-state index is -0.315. The molecule has 6 heteroatoms. The molecule has 1 aromatic carbocycles. The minimum absolute atomic E-state index is 0.0190. The van der Waals surface area contributed by atoms with Crippen LogP contribution in [0.25, 0.3) is 11.1 Å². The molecule has 1 amide bonds. The molecule has 0 bridgehead atoms. The van der Waals surface area contributed by atoms with E-state index in [4.69, 9.17) is 4.74 Å². The normalized spacial score (nSPS) is 18.4. The summed E-state index contributed by atoms with van der Waals surface area (Å²) in [6, 6.07) is 2.94. The lowest BCUT2D eigenvalue weighted by atomic mass is 9.97. The van der Waals surface area contributed by atoms with E-state index >= 15 is 0 Å². The highest BCUT2D eigenvalue weighted by atomic mass is 19.1. The van der Waals surface area contributed by atoms with Gasteiger partial charge in [0.1, 0.15) is 24.0 Å². The smallest absolute Gasteiger partial charge is 0.224 e. The number of hydrogen-bond donors (Lipinski definition) is 1. The molecular formula is C21H22FN3O2. The Morgan fingerprint density at radius 2 is 2.11 bits per heavy atom. The van der Waals surface area contributed by atoms with Crippen LogP contribution in [0.5, 0.6) is 5.75 Å². The van der Waals surface area contributed by atoms with Gasteiger partial charge in [-0.2, -0.15) is 0 Å². The Morgan fingerprint density at radius 1 is 1.26 bits per heavy atom. The van der Waals surface area contributed by atoms with E-state index in [2.05, 4.69) is 21.4 Å². The Labute approximate surface area is 157 Å². The monoisotopic (exact) mass is 367 g/mol. The fraction of sp³-hybridized carbons (Fsp3) is 0.381. The second-order valence-corrected chi connectivity index (χ2v) is 7.10. The number of nitrogens with zero attached hydrogens (tertiary/aromatic N) is 2. The summed E-state index contributed by atoms with van der Waals surface area (Å²) in [4.78, 5) is 20.2. The highest BCUT2D eigenvalue weighted by molar-refractivity contribution is 5.78. The maximum atomic E-state index is 14.0. The van der Waals surface area contributed by atoms with Crippen molar-refractivity contribution in [2.75, 3.05) is 6.54 Å². The molecule has 140 valence electrons. The van der Waals surface area contributed by atoms with E-state index in [1.807, 2.05) is 0 Å². The van der Waals surface area contributed by atoms with Crippen LogP contribution in [0.2, 0.25) is 0 Å². The fourth-order valence-electron chi connectivity index (χ4n) is 3.72. The summed E-state index contributed by atoms with van der Waals surface area (Å²) in [6.45, 7) is 0.410. The van der Waals surface area contributed by atoms with E-state index in [1.54, 1.807) is 12.4 Å². The Morgan fingerprint density at radius 3 is 2.89 bits per heavy atom. The lowest BCUT2D eigenvalue weighted by Gasteiger charge is -2.15. The molecule has 0 saturated carbocycles. The predicted molar refractivity (Wildman–Crippen MR) is 99.7 cm³/mol. The van der Waals surface area contributed by atoms with Crippen LogP contribution in [0.15, 0.2) is 42.5 Å². The quantitative estimate of drug-likeness (QED) is 0.821. The van der Waals surface area contributed by atoms with Gasteiger partial charge in [-0.15, -0.1) is 0 Å². The molecule has 0 fully saturated rings. The van der Waals surface area contributed by atoms with Crippen LogP contribution in [-0.4, -0.2) is 28.5 Å². The average Bonchev–Trinajstić information content (AvgIpc) is 3.10. The first kappa shape index (κ1) is 17.6. The third kappa shape index (κ3) is 4.15. The summed E-state index contributed by atoms with van der Waals surface area (Å²) in [6.07, 6.45) is 12.2. The van der Waals surface area contributed by atoms with Crippen molar-refractivity contribution in [1.29, 1.82) is 0 Å². The van der Waals surface area contributed by atoms with Gasteiger partial charge in [0, 0.05) is 41.9 Å². The number of aromatic nitrogens is 2. The van der Waals surface area contributed by atoms with E-state index in [0.717, 1.165) is 24.8 Å². The standard InChI is InChI=1S/C21H22FN3O2/c22-17-7-15-8-18(12-25-20(26)6-14-4-2-1-3-5-14)27-21(15)19(9-17)16-10-23-13-24-11-16/h4,7,9-11,13,18H,1-3,5-6,8,12H2,(H,25,26). The van der Waals surface area contributed by atoms with Gasteiger partial charge in [-0.1, -0.05) is 11.6 Å². The largest absolute Gasteiger partial charge is 0.487 e. The second kappa shape index (κ2) is 7.86. The zero-order valence-electron chi connectivity index (χ0n) is 15.1. The number of hydrogen-bond acceptors (Lipinski definition) is 4. The predicted octanol–water partition coefficient (Wildman–Crippen LogP) is 3.59. The summed E-state index contributed by atoms with van der Waals surface area (Å²) in [5.74, 6) is 0.358. The zero-order chi connectivity index (χ0) is 18.6. The summed E-state index contributed by atoms with van der Waals surface area (Å²) in [5, 5.41) is 2.96. The molecule has 2 aromatic rings. The van der Waals surface area contributed by atoms with Gasteiger partial charge in [0.15, 0.2) is 0 Å². The van der Waals surface area contributed by atoms with Crippen LogP contribution in [0.3, 0.4) is 0 Å². The third-order valence-corrected chi connectivity index (χ3v) is 5.03. The molecule has 1 aromatic heterocycles. The second-order valence-electron chi connectivity index (χ2n) is 7.10. The van der Waals surface area contributed by atoms with Crippen molar-refractivity contribution in [2.24, 2.45) is 0 Å². The highest BCUT2D eigenvalue weighted by Gasteiger charge is 2.27. The number of ether oxygens (including phenoxy) is 1. The molecule has 1 unspecified atom stereocenters. The summed E-state index contributed by atoms with van der Waals surface area (Å²) >= 11 is 0. The van der Waals surface area contributed by atoms with Gasteiger partial charge in [-0.25, -0.2) is 14.4 Å². The van der Waals surface area contributed by atoms with E-state index in [0.29, 0.717) is 36.3 Å². The number of carbonyl (C=O) groups is 1. The van der Waals surface area contributed by atoms with Gasteiger partial charge in [0.05, 0.1) is 6.54 Å². The Kier molecular flexibility index (Phi) is 5.14. The van der Waals surface area contributed by atoms with Crippen LogP contribution >= 0.6 is 0 Å². The summed E-state index contributed by atoms with van der Waals surface area (Å²) < 4.78 is 20.1. The van der Waals surface area contributed by atoms with Crippen molar-refractivity contribution in [1.82, 2.24) is 15.3 Å². The molecule has 1 aliphatic carbocycles. The Bertz CT molecular complexity index is 867. The Hall–Kier alpha value is -2.76. The van der Waals surface area contributed by atoms with Crippen molar-refractivity contribution in [3.8, 4) is 16.9 Å². The molecule has 0 radical (unpaired) electrons. The lowest BCUT2D eigenvalue weighted by Crippen LogP contribution is -2.34. The van der Waals surface area contributed by atoms with Crippen LogP contribution in [0, 0.1) is 5.82 Å². The third-order valence-electron chi connectivity index (χ3n) is 5.03. The van der Waals surface area contributed by atoms with E-state index in [9.17, 15) is 9.18 Å². The molecule has 27 heavy (non-hydrogen) atoms. The molecule has 2 aliphatic rings. The van der Waals surface area contributed by atoms with Crippen LogP contribution in [0.1, 0.15) is 37.7 Å². The van der Waals surface area contributed by atoms with Gasteiger partial charge in [0.25, 0.3) is 0 Å². The molecule has 1 atom stereocenters. The maximum absolute atomic E-state index is 14.0. The SMILES string of the molecule is O=C(CC1=CCCCC1)NCC1Cc2cc(F)cc(-c3cncnc3)c2O1. The van der Waals surface area contributed by atoms with Gasteiger partial charge < -0.3 is 10.1 Å². The molecule has 0 spiro atoms. The summed E-state index contributed by atoms with van der Waals surface area (Å²) in [5.41, 5.74) is 3.39. The number of rotatable bonds is 5. The molecular weight excluding hydrogens is 345 g/mol. The number of amides is 1. The molecule has 1 N–H and O–H groups in total. The molecule has 0 saturated heterocycles. The van der Waals surface area contributed by atoms with Crippen molar-refractivity contribution in [3.05, 3.63) is 53.9 Å². The number of allylic oxidation sites excluding steroid dienone is 1. The maximum Gasteiger partial charge on any atom is 0.224 e. The van der Waals surface area contributed by atoms with E-state index in [1.165, 1.54) is 30.5 Å². The topological polar surface area (TPSA) is 64.1 Å². The average molecular weight is 367 g/mol. The first-order valence-corrected chi connectivity index (χ1v) is 9.38. The molecule has 4 rings (SSSR count). The van der Waals surface area contributed by atoms with E-state index < -0.39 is 0 Å². The highest BCUT2D eigenvalue weighted by Crippen LogP contribution is 2.39. The number of fused-ring (bicyclic) bond motifs is 1. The minimum Gasteiger partial charge on any atom is -0.487 e. The molecule has 1 aliphatic heterocycles. The zero-order valence-corrected chi connectivity index (χ0v) is 15.1. The first-order valence-electron chi connectivity index (χ1n) is 9.38. The Balaban J connectivity index is 1.41. The fourth-order valence-corrected chi connectivity index (χ4v) is 3.72. The van der Waals surface area contributed by atoms with Crippen molar-refractivity contribution in [2.45, 2.75) is 44.6 Å². The number of carbonyl (C=O) groups excluding carboxylic acids is 1. The molecule has 2 heterocycles. The van der Waals surface area contributed by atoms with Crippen molar-refractivity contribution < 1.29 is 13.9 Å². The lowest BCUT2D eigenvalue weighted by molar-refractivity contribution is -0.120. The molecule has 5 nitrogen and oxygen atoms in total. The van der Waals surface area contributed by atoms with E-state index in [-0.39, 0.29) is 17.8 Å². The summed E-state index contributed by atoms with van der Waals surface area (Å²) in [7, 11) is 0. The number of halogens is 1. The van der Waals surface area contributed by atoms with Crippen LogP contribution < -0.4 is 10.1 Å². The van der Waals surface area contributed by atoms with Gasteiger partial charge in [-0.3, -0.25) is 4.79 Å². The number of nitrogens with one attached hydrogen (secondary N) is 1. The van der Waals surface area contributed by atoms with Crippen molar-refractivity contribution in [3.63, 3.8) is 0 Å². The van der Waals surface area contributed by atoms with Crippen LogP contribution in [-0.2, 0) is 11.2 Å². The van der Waals surface area contributed by atoms with Gasteiger partial charge in [-0.05, 0) is 37.8 Å². The van der Waals surface area contributed by atoms with Gasteiger partial charge in [0.2, 0.25) is 5.91 Å². The number of benzene rings is 1. The first-order chi connectivity index (χ1) is 13.2. The van der Waals surface area contributed by atoms with Gasteiger partial charge >= 0.3 is 0 Å². The van der Waals surface area contributed by atoms with Crippen LogP contribution in [0.4, 0.5) is 4.39 Å².